The molecule has 3 heteroatoms. The second-order valence-electron chi connectivity index (χ2n) is 3.40. The van der Waals surface area contributed by atoms with Crippen LogP contribution in [-0.4, -0.2) is 10.9 Å². The number of carbonyl (C=O) groups is 1. The van der Waals surface area contributed by atoms with Crippen molar-refractivity contribution in [3.63, 3.8) is 0 Å². The van der Waals surface area contributed by atoms with E-state index in [4.69, 9.17) is 5.73 Å². The molecule has 0 radical (unpaired) electrons. The minimum absolute atomic E-state index is 0.0520. The highest BCUT2D eigenvalue weighted by atomic mass is 16.1. The topological polar surface area (TPSA) is 56.0 Å². The molecule has 2 N–H and O–H groups in total. The molecule has 0 spiro atoms. The zero-order valence-corrected chi connectivity index (χ0v) is 8.89. The van der Waals surface area contributed by atoms with Crippen molar-refractivity contribution in [2.75, 3.05) is 0 Å². The summed E-state index contributed by atoms with van der Waals surface area (Å²) in [5.74, 6) is -0.235. The van der Waals surface area contributed by atoms with Gasteiger partial charge in [0.2, 0.25) is 5.91 Å². The van der Waals surface area contributed by atoms with Gasteiger partial charge in [-0.1, -0.05) is 25.1 Å². The van der Waals surface area contributed by atoms with Gasteiger partial charge in [-0.25, -0.2) is 0 Å². The lowest BCUT2D eigenvalue weighted by atomic mass is 9.96. The van der Waals surface area contributed by atoms with Crippen LogP contribution >= 0.6 is 0 Å². The van der Waals surface area contributed by atoms with Gasteiger partial charge in [0.25, 0.3) is 0 Å². The van der Waals surface area contributed by atoms with Crippen molar-refractivity contribution in [2.45, 2.75) is 25.7 Å². The highest BCUT2D eigenvalue weighted by Crippen LogP contribution is 2.19. The fourth-order valence-electron chi connectivity index (χ4n) is 1.41. The smallest absolute Gasteiger partial charge is 0.218 e. The molecule has 0 bridgehead atoms. The van der Waals surface area contributed by atoms with Gasteiger partial charge in [0.05, 0.1) is 0 Å². The number of aromatic nitrogens is 1. The SMILES string of the molecule is CC/C=C/C(CC(N)=O)c1cccnc1. The first-order chi connectivity index (χ1) is 7.24. The lowest BCUT2D eigenvalue weighted by Crippen LogP contribution is -2.14. The highest BCUT2D eigenvalue weighted by Gasteiger charge is 2.10. The third-order valence-electron chi connectivity index (χ3n) is 2.14. The van der Waals surface area contributed by atoms with Gasteiger partial charge < -0.3 is 5.73 Å². The first-order valence-electron chi connectivity index (χ1n) is 5.09. The summed E-state index contributed by atoms with van der Waals surface area (Å²) in [6.45, 7) is 2.06. The zero-order chi connectivity index (χ0) is 11.1. The number of hydrogen-bond acceptors (Lipinski definition) is 2. The number of allylic oxidation sites excluding steroid dienone is 2. The van der Waals surface area contributed by atoms with E-state index >= 15 is 0 Å². The number of primary amides is 1. The lowest BCUT2D eigenvalue weighted by Gasteiger charge is -2.10. The van der Waals surface area contributed by atoms with E-state index in [9.17, 15) is 4.79 Å². The van der Waals surface area contributed by atoms with Gasteiger partial charge in [-0.15, -0.1) is 0 Å². The van der Waals surface area contributed by atoms with Crippen LogP contribution in [0.5, 0.6) is 0 Å². The van der Waals surface area contributed by atoms with Gasteiger partial charge in [0, 0.05) is 24.7 Å². The number of carbonyl (C=O) groups excluding carboxylic acids is 1. The Morgan fingerprint density at radius 1 is 1.67 bits per heavy atom. The summed E-state index contributed by atoms with van der Waals surface area (Å²) >= 11 is 0. The van der Waals surface area contributed by atoms with E-state index in [2.05, 4.69) is 11.9 Å². The lowest BCUT2D eigenvalue weighted by molar-refractivity contribution is -0.118. The maximum absolute atomic E-state index is 10.9. The quantitative estimate of drug-likeness (QED) is 0.746. The van der Waals surface area contributed by atoms with Gasteiger partial charge in [0.15, 0.2) is 0 Å². The molecule has 0 aliphatic carbocycles. The maximum atomic E-state index is 10.9. The maximum Gasteiger partial charge on any atom is 0.218 e. The van der Waals surface area contributed by atoms with Crippen LogP contribution in [0.3, 0.4) is 0 Å². The van der Waals surface area contributed by atoms with E-state index in [-0.39, 0.29) is 11.8 Å². The molecule has 1 rings (SSSR count). The highest BCUT2D eigenvalue weighted by molar-refractivity contribution is 5.75. The first kappa shape index (κ1) is 11.4. The molecule has 1 unspecified atom stereocenters. The molecule has 0 saturated carbocycles. The summed E-state index contributed by atoms with van der Waals surface area (Å²) in [5.41, 5.74) is 6.24. The Morgan fingerprint density at radius 2 is 2.47 bits per heavy atom. The second kappa shape index (κ2) is 5.96. The molecular formula is C12H16N2O. The molecule has 1 heterocycles. The molecule has 1 amide bonds. The van der Waals surface area contributed by atoms with Crippen molar-refractivity contribution in [3.05, 3.63) is 42.2 Å². The van der Waals surface area contributed by atoms with Crippen LogP contribution in [0.25, 0.3) is 0 Å². The fraction of sp³-hybridized carbons (Fsp3) is 0.333. The normalized spacial score (nSPS) is 12.9. The Labute approximate surface area is 90.0 Å². The number of rotatable bonds is 5. The third kappa shape index (κ3) is 3.94. The van der Waals surface area contributed by atoms with E-state index < -0.39 is 0 Å². The Hall–Kier alpha value is -1.64. The van der Waals surface area contributed by atoms with Crippen LogP contribution in [0.4, 0.5) is 0 Å². The number of nitrogens with two attached hydrogens (primary N) is 1. The predicted octanol–water partition coefficient (Wildman–Crippen LogP) is 2.01. The van der Waals surface area contributed by atoms with Crippen molar-refractivity contribution in [1.82, 2.24) is 4.98 Å². The molecule has 0 aliphatic rings. The van der Waals surface area contributed by atoms with Crippen molar-refractivity contribution in [2.24, 2.45) is 5.73 Å². The number of nitrogens with zero attached hydrogens (tertiary/aromatic N) is 1. The van der Waals surface area contributed by atoms with Gasteiger partial charge in [0.1, 0.15) is 0 Å². The van der Waals surface area contributed by atoms with Gasteiger partial charge in [-0.2, -0.15) is 0 Å². The second-order valence-corrected chi connectivity index (χ2v) is 3.40. The Kier molecular flexibility index (Phi) is 4.54. The van der Waals surface area contributed by atoms with E-state index in [1.807, 2.05) is 24.3 Å². The summed E-state index contributed by atoms with van der Waals surface area (Å²) in [4.78, 5) is 14.9. The Morgan fingerprint density at radius 3 is 3.00 bits per heavy atom. The molecule has 1 atom stereocenters. The van der Waals surface area contributed by atoms with Crippen molar-refractivity contribution in [1.29, 1.82) is 0 Å². The molecule has 0 saturated heterocycles. The molecule has 15 heavy (non-hydrogen) atoms. The predicted molar refractivity (Wildman–Crippen MR) is 60.2 cm³/mol. The third-order valence-corrected chi connectivity index (χ3v) is 2.14. The fourth-order valence-corrected chi connectivity index (χ4v) is 1.41. The molecule has 1 aromatic rings. The van der Waals surface area contributed by atoms with E-state index in [1.54, 1.807) is 12.4 Å². The molecular weight excluding hydrogens is 188 g/mol. The average Bonchev–Trinajstić information content (AvgIpc) is 2.25. The summed E-state index contributed by atoms with van der Waals surface area (Å²) in [5, 5.41) is 0. The minimum Gasteiger partial charge on any atom is -0.370 e. The van der Waals surface area contributed by atoms with Crippen LogP contribution in [0.1, 0.15) is 31.2 Å². The van der Waals surface area contributed by atoms with E-state index in [0.717, 1.165) is 12.0 Å². The van der Waals surface area contributed by atoms with Crippen LogP contribution < -0.4 is 5.73 Å². The van der Waals surface area contributed by atoms with Crippen LogP contribution in [0.2, 0.25) is 0 Å². The largest absolute Gasteiger partial charge is 0.370 e. The molecule has 80 valence electrons. The molecule has 0 aromatic carbocycles. The van der Waals surface area contributed by atoms with Gasteiger partial charge in [-0.05, 0) is 18.1 Å². The summed E-state index contributed by atoms with van der Waals surface area (Å²) < 4.78 is 0. The standard InChI is InChI=1S/C12H16N2O/c1-2-3-5-10(8-12(13)15)11-6-4-7-14-9-11/h3-7,9-10H,2,8H2,1H3,(H2,13,15)/b5-3+. The molecule has 3 nitrogen and oxygen atoms in total. The Balaban J connectivity index is 2.81. The average molecular weight is 204 g/mol. The van der Waals surface area contributed by atoms with Crippen LogP contribution in [0, 0.1) is 0 Å². The number of pyridine rings is 1. The minimum atomic E-state index is -0.287. The van der Waals surface area contributed by atoms with Gasteiger partial charge >= 0.3 is 0 Å². The van der Waals surface area contributed by atoms with E-state index in [0.29, 0.717) is 6.42 Å². The van der Waals surface area contributed by atoms with Crippen molar-refractivity contribution in [3.8, 4) is 0 Å². The van der Waals surface area contributed by atoms with Gasteiger partial charge in [-0.3, -0.25) is 9.78 Å². The molecule has 1 aromatic heterocycles. The summed E-state index contributed by atoms with van der Waals surface area (Å²) in [6, 6.07) is 3.82. The molecule has 0 fully saturated rings. The van der Waals surface area contributed by atoms with Crippen LogP contribution in [0.15, 0.2) is 36.7 Å². The van der Waals surface area contributed by atoms with Crippen molar-refractivity contribution < 1.29 is 4.79 Å². The Bertz CT molecular complexity index is 333. The van der Waals surface area contributed by atoms with E-state index in [1.165, 1.54) is 0 Å². The zero-order valence-electron chi connectivity index (χ0n) is 8.89. The summed E-state index contributed by atoms with van der Waals surface area (Å²) in [7, 11) is 0. The number of amides is 1. The number of hydrogen-bond donors (Lipinski definition) is 1. The van der Waals surface area contributed by atoms with Crippen molar-refractivity contribution >= 4 is 5.91 Å². The summed E-state index contributed by atoms with van der Waals surface area (Å²) in [6.07, 6.45) is 8.84. The van der Waals surface area contributed by atoms with Crippen LogP contribution in [-0.2, 0) is 4.79 Å². The first-order valence-corrected chi connectivity index (χ1v) is 5.09. The molecule has 0 aliphatic heterocycles. The monoisotopic (exact) mass is 204 g/mol.